The van der Waals surface area contributed by atoms with Gasteiger partial charge in [0, 0.05) is 49.7 Å². The minimum atomic E-state index is -4.42. The fraction of sp³-hybridized carbons (Fsp3) is 0.275. The first-order valence-corrected chi connectivity index (χ1v) is 20.0. The van der Waals surface area contributed by atoms with Crippen molar-refractivity contribution in [3.63, 3.8) is 0 Å². The summed E-state index contributed by atoms with van der Waals surface area (Å²) < 4.78 is 32.5. The number of benzene rings is 3. The first-order chi connectivity index (χ1) is 27.9. The van der Waals surface area contributed by atoms with Crippen molar-refractivity contribution >= 4 is 62.6 Å². The molecule has 6 rings (SSSR count). The van der Waals surface area contributed by atoms with E-state index in [1.54, 1.807) is 53.2 Å². The van der Waals surface area contributed by atoms with Gasteiger partial charge in [-0.25, -0.2) is 9.97 Å². The van der Waals surface area contributed by atoms with Crippen molar-refractivity contribution in [3.05, 3.63) is 113 Å². The third kappa shape index (κ3) is 10.6. The molecule has 1 aliphatic rings. The molecule has 6 N–H and O–H groups in total. The number of anilines is 2. The molecule has 0 unspecified atom stereocenters. The number of pyridine rings is 1. The van der Waals surface area contributed by atoms with Gasteiger partial charge in [-0.3, -0.25) is 29.2 Å². The van der Waals surface area contributed by atoms with Crippen LogP contribution in [0.3, 0.4) is 0 Å². The van der Waals surface area contributed by atoms with Gasteiger partial charge in [0.05, 0.1) is 35.8 Å². The molecule has 0 fully saturated rings. The molecule has 0 spiro atoms. The Balaban J connectivity index is 0.965. The van der Waals surface area contributed by atoms with Crippen molar-refractivity contribution in [3.8, 4) is 0 Å². The van der Waals surface area contributed by atoms with Crippen LogP contribution in [-0.2, 0) is 32.8 Å². The number of aromatic nitrogens is 3. The van der Waals surface area contributed by atoms with Crippen molar-refractivity contribution in [2.45, 2.75) is 56.1 Å². The monoisotopic (exact) mass is 809 g/mol. The van der Waals surface area contributed by atoms with Gasteiger partial charge in [-0.1, -0.05) is 43.2 Å². The predicted molar refractivity (Wildman–Crippen MR) is 216 cm³/mol. The number of carboxylic acids is 1. The second-order valence-electron chi connectivity index (χ2n) is 13.8. The first kappa shape index (κ1) is 41.0. The highest BCUT2D eigenvalue weighted by Gasteiger charge is 2.31. The summed E-state index contributed by atoms with van der Waals surface area (Å²) in [6.45, 7) is 1.27. The zero-order chi connectivity index (χ0) is 41.2. The molecule has 18 heteroatoms. The van der Waals surface area contributed by atoms with Crippen molar-refractivity contribution < 1.29 is 37.3 Å². The molecular weight excluding hydrogens is 767 g/mol. The van der Waals surface area contributed by atoms with Crippen molar-refractivity contribution in [1.29, 1.82) is 0 Å². The van der Waals surface area contributed by atoms with Crippen LogP contribution in [0.4, 0.5) is 11.5 Å². The fourth-order valence-electron chi connectivity index (χ4n) is 6.52. The Kier molecular flexibility index (Phi) is 13.1. The largest absolute Gasteiger partial charge is 0.481 e. The van der Waals surface area contributed by atoms with Crippen LogP contribution in [0, 0.1) is 0 Å². The van der Waals surface area contributed by atoms with E-state index in [9.17, 15) is 37.3 Å². The second kappa shape index (κ2) is 18.5. The quantitative estimate of drug-likeness (QED) is 0.0329. The lowest BCUT2D eigenvalue weighted by molar-refractivity contribution is -0.141. The Labute approximate surface area is 334 Å². The summed E-state index contributed by atoms with van der Waals surface area (Å²) in [4.78, 5) is 66.2. The average Bonchev–Trinajstić information content (AvgIpc) is 3.56. The van der Waals surface area contributed by atoms with Crippen LogP contribution in [0.1, 0.15) is 69.8 Å². The lowest BCUT2D eigenvalue weighted by atomic mass is 10.1. The molecule has 0 aliphatic carbocycles. The molecule has 2 aromatic heterocycles. The van der Waals surface area contributed by atoms with Crippen LogP contribution in [-0.4, -0.2) is 98.9 Å². The minimum absolute atomic E-state index is 0.181. The van der Waals surface area contributed by atoms with E-state index in [1.165, 1.54) is 30.6 Å². The van der Waals surface area contributed by atoms with Gasteiger partial charge in [0.25, 0.3) is 21.9 Å². The standard InChI is InChI=1S/C40H43N9O8S/c1-48(25-36-45-31-11-5-6-12-32(31)46-36)39(53)26-14-16-30-29(20-26)24-49(40(54)33(44-30)21-37(50)51)19-9-3-2-8-18-41-38(52)28-15-17-35(42-22-28)47-43-23-27-10-4-7-13-34(27)58(55,56)57/h4-7,10-17,20,22-23,33,44H,2-3,8-9,18-19,21,24-25H2,1H3,(H,41,52)(H,42,47)(H,45,46)(H,50,51)(H,55,56,57)/t33-/m0/s1. The summed E-state index contributed by atoms with van der Waals surface area (Å²) in [5, 5.41) is 19.5. The molecule has 0 bridgehead atoms. The highest BCUT2D eigenvalue weighted by Crippen LogP contribution is 2.27. The summed E-state index contributed by atoms with van der Waals surface area (Å²) in [5.74, 6) is -1.01. The number of unbranched alkanes of at least 4 members (excludes halogenated alkanes) is 3. The van der Waals surface area contributed by atoms with E-state index in [2.05, 4.69) is 36.1 Å². The molecule has 0 saturated carbocycles. The number of nitrogens with zero attached hydrogens (tertiary/aromatic N) is 5. The normalized spacial score (nSPS) is 14.1. The first-order valence-electron chi connectivity index (χ1n) is 18.5. The van der Waals surface area contributed by atoms with Crippen LogP contribution >= 0.6 is 0 Å². The number of H-pyrrole nitrogens is 1. The SMILES string of the molecule is CN(Cc1nc2ccccc2[nH]1)C(=O)c1ccc2c(c1)CN(CCCCCCNC(=O)c1ccc(NN=Cc3ccccc3S(=O)(=O)O)nc1)C(=O)[C@H](CC(=O)O)N2. The maximum atomic E-state index is 13.5. The molecule has 17 nitrogen and oxygen atoms in total. The number of nitrogens with one attached hydrogen (secondary N) is 4. The van der Waals surface area contributed by atoms with Gasteiger partial charge in [-0.15, -0.1) is 0 Å². The summed E-state index contributed by atoms with van der Waals surface area (Å²) in [6, 6.07) is 20.7. The lowest BCUT2D eigenvalue weighted by Gasteiger charge is -2.24. The van der Waals surface area contributed by atoms with Crippen molar-refractivity contribution in [2.24, 2.45) is 5.10 Å². The lowest BCUT2D eigenvalue weighted by Crippen LogP contribution is -2.42. The fourth-order valence-corrected chi connectivity index (χ4v) is 7.19. The molecule has 302 valence electrons. The topological polar surface area (TPSA) is 239 Å². The number of hydrazone groups is 1. The summed E-state index contributed by atoms with van der Waals surface area (Å²) >= 11 is 0. The molecular formula is C40H43N9O8S. The van der Waals surface area contributed by atoms with Crippen LogP contribution in [0.5, 0.6) is 0 Å². The minimum Gasteiger partial charge on any atom is -0.481 e. The molecule has 0 radical (unpaired) electrons. The van der Waals surface area contributed by atoms with E-state index in [-0.39, 0.29) is 41.3 Å². The highest BCUT2D eigenvalue weighted by atomic mass is 32.2. The maximum absolute atomic E-state index is 13.5. The van der Waals surface area contributed by atoms with Gasteiger partial charge in [-0.05, 0) is 66.9 Å². The van der Waals surface area contributed by atoms with Crippen LogP contribution in [0.25, 0.3) is 11.0 Å². The number of amides is 3. The third-order valence-electron chi connectivity index (χ3n) is 9.45. The highest BCUT2D eigenvalue weighted by molar-refractivity contribution is 7.86. The number of rotatable bonds is 17. The molecule has 3 heterocycles. The smallest absolute Gasteiger partial charge is 0.305 e. The number of hydrogen-bond donors (Lipinski definition) is 6. The van der Waals surface area contributed by atoms with E-state index in [4.69, 9.17) is 0 Å². The van der Waals surface area contributed by atoms with E-state index >= 15 is 0 Å². The molecule has 1 aliphatic heterocycles. The molecule has 1 atom stereocenters. The summed E-state index contributed by atoms with van der Waals surface area (Å²) in [6.07, 6.45) is 5.07. The molecule has 3 aromatic carbocycles. The van der Waals surface area contributed by atoms with Crippen molar-refractivity contribution in [1.82, 2.24) is 30.1 Å². The van der Waals surface area contributed by atoms with Gasteiger partial charge < -0.3 is 30.5 Å². The zero-order valence-electron chi connectivity index (χ0n) is 31.6. The summed E-state index contributed by atoms with van der Waals surface area (Å²) in [5.41, 5.74) is 6.60. The van der Waals surface area contributed by atoms with Crippen molar-refractivity contribution in [2.75, 3.05) is 30.9 Å². The van der Waals surface area contributed by atoms with E-state index in [1.807, 2.05) is 24.3 Å². The number of carbonyl (C=O) groups is 4. The van der Waals surface area contributed by atoms with Crippen LogP contribution in [0.15, 0.2) is 95.1 Å². The van der Waals surface area contributed by atoms with E-state index < -0.39 is 28.6 Å². The second-order valence-corrected chi connectivity index (χ2v) is 15.2. The molecule has 5 aromatic rings. The van der Waals surface area contributed by atoms with Gasteiger partial charge >= 0.3 is 5.97 Å². The third-order valence-corrected chi connectivity index (χ3v) is 10.4. The molecule has 3 amide bonds. The van der Waals surface area contributed by atoms with Gasteiger partial charge in [0.2, 0.25) is 5.91 Å². The Morgan fingerprint density at radius 3 is 2.52 bits per heavy atom. The Hall–Kier alpha value is -6.66. The van der Waals surface area contributed by atoms with Crippen LogP contribution < -0.4 is 16.1 Å². The number of aliphatic carboxylic acids is 1. The molecule has 0 saturated heterocycles. The summed E-state index contributed by atoms with van der Waals surface area (Å²) in [7, 11) is -2.73. The van der Waals surface area contributed by atoms with Gasteiger partial charge in [0.1, 0.15) is 22.6 Å². The number of carboxylic acid groups (broad SMARTS) is 1. The molecule has 58 heavy (non-hydrogen) atoms. The Bertz CT molecular complexity index is 2400. The number of hydrogen-bond acceptors (Lipinski definition) is 11. The number of carbonyl (C=O) groups excluding carboxylic acids is 3. The maximum Gasteiger partial charge on any atom is 0.305 e. The average molecular weight is 810 g/mol. The number of fused-ring (bicyclic) bond motifs is 2. The van der Waals surface area contributed by atoms with Gasteiger partial charge in [-0.2, -0.15) is 13.5 Å². The number of para-hydroxylation sites is 2. The number of aromatic amines is 1. The van der Waals surface area contributed by atoms with Gasteiger partial charge in [0.15, 0.2) is 0 Å². The Morgan fingerprint density at radius 2 is 1.76 bits per heavy atom. The zero-order valence-corrected chi connectivity index (χ0v) is 32.4. The number of imidazole rings is 1. The predicted octanol–water partition coefficient (Wildman–Crippen LogP) is 4.51. The van der Waals surface area contributed by atoms with Crippen LogP contribution in [0.2, 0.25) is 0 Å². The van der Waals surface area contributed by atoms with E-state index in [0.29, 0.717) is 60.0 Å². The van der Waals surface area contributed by atoms with E-state index in [0.717, 1.165) is 23.9 Å². The Morgan fingerprint density at radius 1 is 1.00 bits per heavy atom.